The number of thiophene rings is 1. The lowest BCUT2D eigenvalue weighted by atomic mass is 10.0. The SMILES string of the molecule is CS(=O)(=O)c1ccccc1-c1ccc2c(c1)OC[C@H]1[C@H](CCC(=O)c3ccc(Cl)s3)OC(=O)N21. The number of hydrogen-bond acceptors (Lipinski definition) is 7. The van der Waals surface area contributed by atoms with Crippen molar-refractivity contribution in [3.05, 3.63) is 63.8 Å². The van der Waals surface area contributed by atoms with Crippen LogP contribution >= 0.6 is 22.9 Å². The first-order chi connectivity index (χ1) is 16.2. The van der Waals surface area contributed by atoms with Gasteiger partial charge in [0, 0.05) is 18.2 Å². The fourth-order valence-corrected chi connectivity index (χ4v) is 6.26. The van der Waals surface area contributed by atoms with Crippen LogP contribution < -0.4 is 9.64 Å². The number of benzene rings is 2. The molecule has 10 heteroatoms. The van der Waals surface area contributed by atoms with E-state index in [-0.39, 0.29) is 29.7 Å². The van der Waals surface area contributed by atoms with Crippen LogP contribution in [-0.4, -0.2) is 45.3 Å². The minimum Gasteiger partial charge on any atom is -0.489 e. The molecule has 2 atom stereocenters. The maximum absolute atomic E-state index is 12.7. The van der Waals surface area contributed by atoms with Gasteiger partial charge in [-0.2, -0.15) is 0 Å². The summed E-state index contributed by atoms with van der Waals surface area (Å²) in [5.74, 6) is 0.427. The molecule has 1 saturated heterocycles. The van der Waals surface area contributed by atoms with Crippen LogP contribution in [0.1, 0.15) is 22.5 Å². The maximum Gasteiger partial charge on any atom is 0.415 e. The Hall–Kier alpha value is -2.88. The van der Waals surface area contributed by atoms with Crippen LogP contribution in [0.5, 0.6) is 5.75 Å². The van der Waals surface area contributed by atoms with Gasteiger partial charge in [-0.1, -0.05) is 35.9 Å². The third kappa shape index (κ3) is 4.19. The molecule has 34 heavy (non-hydrogen) atoms. The zero-order valence-electron chi connectivity index (χ0n) is 18.1. The zero-order valence-corrected chi connectivity index (χ0v) is 20.5. The molecule has 2 aliphatic rings. The Morgan fingerprint density at radius 3 is 2.71 bits per heavy atom. The minimum atomic E-state index is -3.42. The third-order valence-corrected chi connectivity index (χ3v) is 8.37. The molecule has 0 saturated carbocycles. The Bertz CT molecular complexity index is 1400. The quantitative estimate of drug-likeness (QED) is 0.416. The van der Waals surface area contributed by atoms with Gasteiger partial charge in [0.25, 0.3) is 0 Å². The first kappa shape index (κ1) is 22.9. The number of carbonyl (C=O) groups is 2. The summed E-state index contributed by atoms with van der Waals surface area (Å²) >= 11 is 7.14. The first-order valence-corrected chi connectivity index (χ1v) is 13.7. The predicted octanol–water partition coefficient (Wildman–Crippen LogP) is 5.22. The van der Waals surface area contributed by atoms with Gasteiger partial charge in [-0.3, -0.25) is 9.69 Å². The number of cyclic esters (lactones) is 1. The highest BCUT2D eigenvalue weighted by Gasteiger charge is 2.46. The van der Waals surface area contributed by atoms with Crippen LogP contribution in [-0.2, 0) is 14.6 Å². The van der Waals surface area contributed by atoms with E-state index >= 15 is 0 Å². The number of ketones is 1. The number of fused-ring (bicyclic) bond motifs is 3. The zero-order chi connectivity index (χ0) is 24.0. The molecule has 0 bridgehead atoms. The fraction of sp³-hybridized carbons (Fsp3) is 0.250. The average molecular weight is 518 g/mol. The lowest BCUT2D eigenvalue weighted by Crippen LogP contribution is -2.44. The van der Waals surface area contributed by atoms with E-state index in [2.05, 4.69) is 0 Å². The molecule has 5 rings (SSSR count). The molecule has 0 unspecified atom stereocenters. The van der Waals surface area contributed by atoms with Crippen LogP contribution in [0.2, 0.25) is 4.34 Å². The second-order valence-corrected chi connectivity index (χ2v) is 11.9. The Labute approximate surface area is 205 Å². The fourth-order valence-electron chi connectivity index (χ4n) is 4.34. The number of ether oxygens (including phenoxy) is 2. The molecule has 1 amide bonds. The minimum absolute atomic E-state index is 0.0438. The molecule has 2 aliphatic heterocycles. The van der Waals surface area contributed by atoms with Gasteiger partial charge in [0.2, 0.25) is 0 Å². The normalized spacial score (nSPS) is 19.2. The van der Waals surface area contributed by atoms with Gasteiger partial charge in [0.1, 0.15) is 24.5 Å². The van der Waals surface area contributed by atoms with E-state index in [4.69, 9.17) is 21.1 Å². The highest BCUT2D eigenvalue weighted by molar-refractivity contribution is 7.90. The molecule has 2 aromatic carbocycles. The highest BCUT2D eigenvalue weighted by Crippen LogP contribution is 2.42. The van der Waals surface area contributed by atoms with Crippen molar-refractivity contribution in [3.63, 3.8) is 0 Å². The van der Waals surface area contributed by atoms with Gasteiger partial charge in [0.05, 0.1) is 19.8 Å². The molecule has 0 spiro atoms. The van der Waals surface area contributed by atoms with E-state index in [1.807, 2.05) is 0 Å². The summed E-state index contributed by atoms with van der Waals surface area (Å²) in [4.78, 5) is 27.5. The van der Waals surface area contributed by atoms with Gasteiger partial charge >= 0.3 is 6.09 Å². The van der Waals surface area contributed by atoms with Crippen LogP contribution in [0, 0.1) is 0 Å². The predicted molar refractivity (Wildman–Crippen MR) is 130 cm³/mol. The standard InChI is InChI=1S/C24H20ClNO6S2/c1-34(29,30)22-5-3-2-4-15(22)14-6-7-16-20(12-14)31-13-17-19(32-24(28)26(16)17)9-8-18(27)21-10-11-23(25)33-21/h2-7,10-12,17,19H,8-9,13H2,1H3/t17-,19-/m0/s1. The van der Waals surface area contributed by atoms with Gasteiger partial charge in [-0.05, 0) is 42.3 Å². The van der Waals surface area contributed by atoms with Crippen LogP contribution in [0.15, 0.2) is 59.5 Å². The molecular formula is C24H20ClNO6S2. The number of Topliss-reactive ketones (excluding diaryl/α,β-unsaturated/α-hetero) is 1. The molecule has 3 heterocycles. The molecule has 176 valence electrons. The van der Waals surface area contributed by atoms with Gasteiger partial charge < -0.3 is 9.47 Å². The summed E-state index contributed by atoms with van der Waals surface area (Å²) in [7, 11) is -3.42. The lowest BCUT2D eigenvalue weighted by Gasteiger charge is -2.31. The van der Waals surface area contributed by atoms with E-state index < -0.39 is 22.0 Å². The number of sulfone groups is 1. The van der Waals surface area contributed by atoms with Crippen LogP contribution in [0.4, 0.5) is 10.5 Å². The highest BCUT2D eigenvalue weighted by atomic mass is 35.5. The number of anilines is 1. The molecule has 1 fully saturated rings. The van der Waals surface area contributed by atoms with E-state index in [0.29, 0.717) is 38.2 Å². The van der Waals surface area contributed by atoms with Crippen LogP contribution in [0.3, 0.4) is 0 Å². The smallest absolute Gasteiger partial charge is 0.415 e. The van der Waals surface area contributed by atoms with Crippen molar-refractivity contribution in [2.24, 2.45) is 0 Å². The monoisotopic (exact) mass is 517 g/mol. The summed E-state index contributed by atoms with van der Waals surface area (Å²) in [5, 5.41) is 0. The molecule has 7 nitrogen and oxygen atoms in total. The summed E-state index contributed by atoms with van der Waals surface area (Å²) in [6.45, 7) is 0.208. The second-order valence-electron chi connectivity index (χ2n) is 8.19. The van der Waals surface area contributed by atoms with E-state index in [1.54, 1.807) is 59.5 Å². The molecule has 3 aromatic rings. The Morgan fingerprint density at radius 1 is 1.18 bits per heavy atom. The van der Waals surface area contributed by atoms with Gasteiger partial charge in [-0.25, -0.2) is 13.2 Å². The number of nitrogens with zero attached hydrogens (tertiary/aromatic N) is 1. The Kier molecular flexibility index (Phi) is 5.87. The average Bonchev–Trinajstić information content (AvgIpc) is 3.39. The van der Waals surface area contributed by atoms with Crippen LogP contribution in [0.25, 0.3) is 11.1 Å². The van der Waals surface area contributed by atoms with Crippen molar-refractivity contribution in [2.75, 3.05) is 17.8 Å². The van der Waals surface area contributed by atoms with Crippen molar-refractivity contribution in [2.45, 2.75) is 29.9 Å². The number of amides is 1. The summed E-state index contributed by atoms with van der Waals surface area (Å²) in [6, 6.07) is 15.0. The number of carbonyl (C=O) groups excluding carboxylic acids is 2. The summed E-state index contributed by atoms with van der Waals surface area (Å²) in [6.07, 6.45) is 0.803. The molecule has 0 radical (unpaired) electrons. The van der Waals surface area contributed by atoms with Crippen molar-refractivity contribution in [3.8, 4) is 16.9 Å². The number of hydrogen-bond donors (Lipinski definition) is 0. The summed E-state index contributed by atoms with van der Waals surface area (Å²) < 4.78 is 36.5. The Morgan fingerprint density at radius 2 is 1.97 bits per heavy atom. The second kappa shape index (κ2) is 8.72. The molecule has 0 aliphatic carbocycles. The van der Waals surface area contributed by atoms with Gasteiger partial charge in [-0.15, -0.1) is 11.3 Å². The van der Waals surface area contributed by atoms with E-state index in [9.17, 15) is 18.0 Å². The number of halogens is 1. The number of rotatable bonds is 6. The third-order valence-electron chi connectivity index (χ3n) is 5.94. The first-order valence-electron chi connectivity index (χ1n) is 10.6. The Balaban J connectivity index is 1.37. The topological polar surface area (TPSA) is 90.0 Å². The largest absolute Gasteiger partial charge is 0.489 e. The van der Waals surface area contributed by atoms with Crippen molar-refractivity contribution in [1.29, 1.82) is 0 Å². The van der Waals surface area contributed by atoms with E-state index in [1.165, 1.54) is 17.6 Å². The van der Waals surface area contributed by atoms with Gasteiger partial charge in [0.15, 0.2) is 15.6 Å². The van der Waals surface area contributed by atoms with E-state index in [0.717, 1.165) is 0 Å². The lowest BCUT2D eigenvalue weighted by molar-refractivity contribution is 0.0904. The van der Waals surface area contributed by atoms with Crippen molar-refractivity contribution < 1.29 is 27.5 Å². The molecule has 1 aromatic heterocycles. The maximum atomic E-state index is 12.7. The summed E-state index contributed by atoms with van der Waals surface area (Å²) in [5.41, 5.74) is 1.79. The molecule has 0 N–H and O–H groups in total. The molecular weight excluding hydrogens is 498 g/mol. The van der Waals surface area contributed by atoms with Crippen molar-refractivity contribution in [1.82, 2.24) is 0 Å². The van der Waals surface area contributed by atoms with Crippen molar-refractivity contribution >= 4 is 50.3 Å².